The maximum Gasteiger partial charge on any atom is 0.303 e. The van der Waals surface area contributed by atoms with Crippen molar-refractivity contribution in [3.8, 4) is 0 Å². The summed E-state index contributed by atoms with van der Waals surface area (Å²) in [6, 6.07) is 2.00. The van der Waals surface area contributed by atoms with Gasteiger partial charge in [0.15, 0.2) is 0 Å². The van der Waals surface area contributed by atoms with Crippen LogP contribution >= 0.6 is 43.2 Å². The summed E-state index contributed by atoms with van der Waals surface area (Å²) in [7, 11) is 0. The summed E-state index contributed by atoms with van der Waals surface area (Å²) in [6.45, 7) is 0. The Balaban J connectivity index is 1.84. The lowest BCUT2D eigenvalue weighted by molar-refractivity contribution is -0.137. The molecule has 1 aliphatic carbocycles. The Labute approximate surface area is 192 Å². The fourth-order valence-corrected chi connectivity index (χ4v) is 6.36. The summed E-state index contributed by atoms with van der Waals surface area (Å²) in [6.07, 6.45) is 9.36. The van der Waals surface area contributed by atoms with Crippen molar-refractivity contribution >= 4 is 49.2 Å². The number of halogens is 2. The van der Waals surface area contributed by atoms with Crippen LogP contribution < -0.4 is 0 Å². The van der Waals surface area contributed by atoms with Crippen molar-refractivity contribution in [2.45, 2.75) is 63.3 Å². The highest BCUT2D eigenvalue weighted by Crippen LogP contribution is 2.36. The molecule has 1 saturated carbocycles. The van der Waals surface area contributed by atoms with Crippen LogP contribution in [0.25, 0.3) is 0 Å². The van der Waals surface area contributed by atoms with Crippen LogP contribution in [0.5, 0.6) is 0 Å². The number of hydrogen-bond acceptors (Lipinski definition) is 5. The third-order valence-electron chi connectivity index (χ3n) is 5.20. The molecule has 0 radical (unpaired) electrons. The highest BCUT2D eigenvalue weighted by Gasteiger charge is 2.39. The van der Waals surface area contributed by atoms with Gasteiger partial charge in [-0.05, 0) is 75.9 Å². The monoisotopic (exact) mass is 550 g/mol. The minimum atomic E-state index is -0.796. The first kappa shape index (κ1) is 24.8. The Kier molecular flexibility index (Phi) is 10.6. The molecule has 0 amide bonds. The van der Waals surface area contributed by atoms with Crippen LogP contribution in [0, 0.1) is 11.8 Å². The van der Waals surface area contributed by atoms with Crippen LogP contribution in [0.15, 0.2) is 38.6 Å². The summed E-state index contributed by atoms with van der Waals surface area (Å²) in [5, 5.41) is 39.5. The average Bonchev–Trinajstić information content (AvgIpc) is 3.11. The van der Waals surface area contributed by atoms with E-state index in [1.165, 1.54) is 4.88 Å². The number of rotatable bonds is 11. The molecule has 0 aliphatic heterocycles. The molecule has 29 heavy (non-hydrogen) atoms. The molecule has 1 aromatic heterocycles. The second kappa shape index (κ2) is 12.4. The van der Waals surface area contributed by atoms with Gasteiger partial charge in [0.2, 0.25) is 0 Å². The number of aryl methyl sites for hydroxylation is 1. The minimum absolute atomic E-state index is 0.105. The molecule has 5 atom stereocenters. The number of carboxylic acid groups (broad SMARTS) is 1. The van der Waals surface area contributed by atoms with E-state index in [1.807, 2.05) is 24.3 Å². The third-order valence-corrected chi connectivity index (χ3v) is 7.87. The van der Waals surface area contributed by atoms with Gasteiger partial charge in [-0.2, -0.15) is 0 Å². The number of allylic oxidation sites excluding steroid dienone is 2. The first-order valence-corrected chi connectivity index (χ1v) is 12.2. The van der Waals surface area contributed by atoms with Gasteiger partial charge in [-0.25, -0.2) is 0 Å². The lowest BCUT2D eigenvalue weighted by Gasteiger charge is -2.19. The molecular formula is C21H28Br2O5S. The van der Waals surface area contributed by atoms with Gasteiger partial charge in [-0.1, -0.05) is 24.3 Å². The standard InChI is InChI=1S/C21H28Br2O5S/c22-16-11-20(23)29-19(16)10-8-13(24)7-9-15-14(17(25)12-18(15)26)5-3-1-2-4-6-21(27)28/h1,3,7,9,11,13-15,17-18,24-26H,2,4-6,8,10,12H2,(H,27,28)/b3-1-,9-7+/t13?,14-,15-,17?,18?/m1/s1. The average molecular weight is 552 g/mol. The predicted octanol–water partition coefficient (Wildman–Crippen LogP) is 4.68. The van der Waals surface area contributed by atoms with Crippen LogP contribution in [-0.4, -0.2) is 44.7 Å². The maximum absolute atomic E-state index is 10.5. The van der Waals surface area contributed by atoms with Gasteiger partial charge in [0, 0.05) is 28.1 Å². The molecule has 0 aromatic carbocycles. The van der Waals surface area contributed by atoms with E-state index in [9.17, 15) is 20.1 Å². The van der Waals surface area contributed by atoms with Crippen molar-refractivity contribution in [1.29, 1.82) is 0 Å². The van der Waals surface area contributed by atoms with Crippen molar-refractivity contribution in [3.05, 3.63) is 43.5 Å². The Morgan fingerprint density at radius 3 is 2.69 bits per heavy atom. The van der Waals surface area contributed by atoms with Gasteiger partial charge in [-0.15, -0.1) is 11.3 Å². The number of hydrogen-bond donors (Lipinski definition) is 4. The lowest BCUT2D eigenvalue weighted by atomic mass is 9.89. The van der Waals surface area contributed by atoms with E-state index in [1.54, 1.807) is 17.4 Å². The zero-order valence-corrected chi connectivity index (χ0v) is 20.1. The maximum atomic E-state index is 10.5. The van der Waals surface area contributed by atoms with E-state index in [0.717, 1.165) is 14.7 Å². The number of aliphatic hydroxyl groups is 3. The Morgan fingerprint density at radius 1 is 1.28 bits per heavy atom. The van der Waals surface area contributed by atoms with Gasteiger partial charge in [-0.3, -0.25) is 4.79 Å². The van der Waals surface area contributed by atoms with E-state index in [4.69, 9.17) is 5.11 Å². The molecular weight excluding hydrogens is 524 g/mol. The molecule has 1 aliphatic rings. The number of unbranched alkanes of at least 4 members (excludes halogenated alkanes) is 1. The molecule has 4 N–H and O–H groups in total. The van der Waals surface area contributed by atoms with Crippen LogP contribution in [0.3, 0.4) is 0 Å². The molecule has 1 fully saturated rings. The molecule has 3 unspecified atom stereocenters. The number of aliphatic hydroxyl groups excluding tert-OH is 3. The fraction of sp³-hybridized carbons (Fsp3) is 0.571. The van der Waals surface area contributed by atoms with Crippen molar-refractivity contribution in [3.63, 3.8) is 0 Å². The Bertz CT molecular complexity index is 718. The third kappa shape index (κ3) is 8.26. The van der Waals surface area contributed by atoms with Gasteiger partial charge < -0.3 is 20.4 Å². The van der Waals surface area contributed by atoms with E-state index in [-0.39, 0.29) is 18.3 Å². The van der Waals surface area contributed by atoms with Gasteiger partial charge >= 0.3 is 5.97 Å². The van der Waals surface area contributed by atoms with Crippen molar-refractivity contribution in [2.75, 3.05) is 0 Å². The van der Waals surface area contributed by atoms with Crippen molar-refractivity contribution in [1.82, 2.24) is 0 Å². The second-order valence-electron chi connectivity index (χ2n) is 7.42. The zero-order chi connectivity index (χ0) is 21.4. The first-order valence-electron chi connectivity index (χ1n) is 9.81. The molecule has 8 heteroatoms. The van der Waals surface area contributed by atoms with Crippen molar-refractivity contribution < 1.29 is 25.2 Å². The lowest BCUT2D eigenvalue weighted by Crippen LogP contribution is -2.20. The van der Waals surface area contributed by atoms with E-state index >= 15 is 0 Å². The molecule has 2 rings (SSSR count). The highest BCUT2D eigenvalue weighted by molar-refractivity contribution is 9.11. The van der Waals surface area contributed by atoms with E-state index < -0.39 is 24.3 Å². The first-order chi connectivity index (χ1) is 13.8. The second-order valence-corrected chi connectivity index (χ2v) is 10.8. The topological polar surface area (TPSA) is 98.0 Å². The molecule has 0 bridgehead atoms. The molecule has 162 valence electrons. The summed E-state index contributed by atoms with van der Waals surface area (Å²) in [5.74, 6) is -1.10. The highest BCUT2D eigenvalue weighted by atomic mass is 79.9. The smallest absolute Gasteiger partial charge is 0.303 e. The number of carbonyl (C=O) groups is 1. The summed E-state index contributed by atoms with van der Waals surface area (Å²) in [4.78, 5) is 11.7. The quantitative estimate of drug-likeness (QED) is 0.236. The minimum Gasteiger partial charge on any atom is -0.481 e. The van der Waals surface area contributed by atoms with E-state index in [0.29, 0.717) is 32.1 Å². The molecule has 0 saturated heterocycles. The van der Waals surface area contributed by atoms with Crippen LogP contribution in [0.4, 0.5) is 0 Å². The molecule has 5 nitrogen and oxygen atoms in total. The van der Waals surface area contributed by atoms with Gasteiger partial charge in [0.1, 0.15) is 0 Å². The van der Waals surface area contributed by atoms with E-state index in [2.05, 4.69) is 31.9 Å². The van der Waals surface area contributed by atoms with Crippen molar-refractivity contribution in [2.24, 2.45) is 11.8 Å². The zero-order valence-electron chi connectivity index (χ0n) is 16.1. The molecule has 1 heterocycles. The predicted molar refractivity (Wildman–Crippen MR) is 122 cm³/mol. The van der Waals surface area contributed by atoms with Crippen LogP contribution in [0.1, 0.15) is 43.4 Å². The Hall–Kier alpha value is -0.510. The largest absolute Gasteiger partial charge is 0.481 e. The molecule has 0 spiro atoms. The van der Waals surface area contributed by atoms with Gasteiger partial charge in [0.05, 0.1) is 22.1 Å². The number of aliphatic carboxylic acids is 1. The van der Waals surface area contributed by atoms with Crippen LogP contribution in [-0.2, 0) is 11.2 Å². The van der Waals surface area contributed by atoms with Gasteiger partial charge in [0.25, 0.3) is 0 Å². The SMILES string of the molecule is O=C(O)CCC/C=C\C[C@H]1C(O)CC(O)[C@@H]1/C=C/C(O)CCc1sc(Br)cc1Br. The number of thiophene rings is 1. The number of carboxylic acids is 1. The normalized spacial score (nSPS) is 26.0. The van der Waals surface area contributed by atoms with Crippen LogP contribution in [0.2, 0.25) is 0 Å². The Morgan fingerprint density at radius 2 is 2.03 bits per heavy atom. The summed E-state index contributed by atoms with van der Waals surface area (Å²) >= 11 is 8.61. The summed E-state index contributed by atoms with van der Waals surface area (Å²) < 4.78 is 2.08. The fourth-order valence-electron chi connectivity index (χ4n) is 3.63. The summed E-state index contributed by atoms with van der Waals surface area (Å²) in [5.41, 5.74) is 0. The molecule has 1 aromatic rings.